The van der Waals surface area contributed by atoms with Crippen LogP contribution in [-0.2, 0) is 27.2 Å². The number of alkyl halides is 2. The molecule has 1 aliphatic heterocycles. The molecule has 0 spiro atoms. The molecular weight excluding hydrogens is 656 g/mol. The first kappa shape index (κ1) is 31.5. The van der Waals surface area contributed by atoms with Gasteiger partial charge in [-0.3, -0.25) is 4.72 Å². The van der Waals surface area contributed by atoms with Crippen LogP contribution < -0.4 is 9.62 Å². The molecule has 13 heteroatoms. The molecule has 4 aromatic rings. The number of benzene rings is 2. The number of fused-ring (bicyclic) bond motifs is 1. The lowest BCUT2D eigenvalue weighted by atomic mass is 10.1. The van der Waals surface area contributed by atoms with Crippen molar-refractivity contribution in [3.05, 3.63) is 71.0 Å². The summed E-state index contributed by atoms with van der Waals surface area (Å²) in [6, 6.07) is 17.3. The van der Waals surface area contributed by atoms with Crippen LogP contribution >= 0.6 is 15.9 Å². The number of nitrogens with zero attached hydrogens (tertiary/aromatic N) is 4. The molecule has 3 heterocycles. The van der Waals surface area contributed by atoms with Crippen LogP contribution in [0, 0.1) is 0 Å². The van der Waals surface area contributed by atoms with Crippen molar-refractivity contribution in [2.45, 2.75) is 56.9 Å². The van der Waals surface area contributed by atoms with E-state index >= 15 is 0 Å². The van der Waals surface area contributed by atoms with Crippen molar-refractivity contribution in [3.63, 3.8) is 0 Å². The van der Waals surface area contributed by atoms with Gasteiger partial charge in [0.25, 0.3) is 5.92 Å². The summed E-state index contributed by atoms with van der Waals surface area (Å²) in [5.41, 5.74) is 3.42. The van der Waals surface area contributed by atoms with Crippen LogP contribution in [0.3, 0.4) is 0 Å². The summed E-state index contributed by atoms with van der Waals surface area (Å²) in [6.07, 6.45) is 1.03. The van der Waals surface area contributed by atoms with E-state index in [2.05, 4.69) is 50.3 Å². The molecule has 0 radical (unpaired) electrons. The zero-order valence-electron chi connectivity index (χ0n) is 24.5. The average Bonchev–Trinajstić information content (AvgIpc) is 3.29. The Morgan fingerprint density at radius 1 is 1.05 bits per heavy atom. The number of piperidine rings is 1. The number of aromatic nitrogens is 3. The Hall–Kier alpha value is -2.87. The van der Waals surface area contributed by atoms with Crippen molar-refractivity contribution in [1.29, 1.82) is 0 Å². The summed E-state index contributed by atoms with van der Waals surface area (Å²) in [7, 11) is -4.93. The first-order valence-electron chi connectivity index (χ1n) is 14.2. The van der Waals surface area contributed by atoms with E-state index in [4.69, 9.17) is 4.74 Å². The molecule has 43 heavy (non-hydrogen) atoms. The lowest BCUT2D eigenvalue weighted by Gasteiger charge is -2.32. The second kappa shape index (κ2) is 12.6. The van der Waals surface area contributed by atoms with Crippen molar-refractivity contribution < 1.29 is 21.9 Å². The van der Waals surface area contributed by atoms with Gasteiger partial charge in [-0.1, -0.05) is 59.8 Å². The van der Waals surface area contributed by atoms with Gasteiger partial charge in [-0.15, -0.1) is 0 Å². The Labute approximate surface area is 260 Å². The normalized spacial score (nSPS) is 15.6. The highest BCUT2D eigenvalue weighted by atomic mass is 79.9. The minimum Gasteiger partial charge on any atom is -0.361 e. The number of hydrogen-bond donors (Lipinski definition) is 1. The van der Waals surface area contributed by atoms with Crippen LogP contribution in [0.2, 0.25) is 25.7 Å². The first-order valence-corrected chi connectivity index (χ1v) is 20.3. The first-order chi connectivity index (χ1) is 20.3. The number of rotatable bonds is 11. The number of hydrogen-bond acceptors (Lipinski definition) is 6. The summed E-state index contributed by atoms with van der Waals surface area (Å²) in [6.45, 7) is 8.18. The minimum absolute atomic E-state index is 0.152. The van der Waals surface area contributed by atoms with Gasteiger partial charge in [0.05, 0.1) is 16.8 Å². The lowest BCUT2D eigenvalue weighted by molar-refractivity contribution is -0.0221. The monoisotopic (exact) mass is 691 g/mol. The summed E-state index contributed by atoms with van der Waals surface area (Å²) < 4.78 is 65.0. The molecule has 5 rings (SSSR count). The number of nitrogens with one attached hydrogen (secondary N) is 1. The molecule has 0 aliphatic carbocycles. The number of sulfonamides is 1. The SMILES string of the molecule is C[Si](C)(C)CCOCn1c(-c2ccc(NS(=O)(=O)Cc3cccc(Br)c3)cc2)cc2c(N3CCC(F)(F)CC3)ncnc21. The quantitative estimate of drug-likeness (QED) is 0.131. The van der Waals surface area contributed by atoms with Crippen LogP contribution in [0.1, 0.15) is 18.4 Å². The van der Waals surface area contributed by atoms with Crippen LogP contribution in [0.15, 0.2) is 65.4 Å². The standard InChI is InChI=1S/C30H36BrF2N5O3SSi/c1-43(2,3)16-15-41-21-38-27(18-26-28(34-20-35-29(26)38)37-13-11-30(32,33)12-14-37)23-7-9-25(10-8-23)36-42(39,40)19-22-5-4-6-24(31)17-22/h4-10,17-18,20,36H,11-16,19,21H2,1-3H3. The summed E-state index contributed by atoms with van der Waals surface area (Å²) in [4.78, 5) is 10.9. The van der Waals surface area contributed by atoms with E-state index in [9.17, 15) is 17.2 Å². The van der Waals surface area contributed by atoms with Crippen molar-refractivity contribution in [2.75, 3.05) is 29.3 Å². The average molecular weight is 693 g/mol. The Kier molecular flexibility index (Phi) is 9.26. The predicted octanol–water partition coefficient (Wildman–Crippen LogP) is 7.35. The molecule has 230 valence electrons. The topological polar surface area (TPSA) is 89.4 Å². The molecule has 1 N–H and O–H groups in total. The third-order valence-corrected chi connectivity index (χ3v) is 10.8. The third-order valence-electron chi connectivity index (χ3n) is 7.38. The molecular formula is C30H36BrF2N5O3SSi. The van der Waals surface area contributed by atoms with Gasteiger partial charge in [-0.25, -0.2) is 27.2 Å². The molecule has 1 saturated heterocycles. The van der Waals surface area contributed by atoms with Crippen LogP contribution in [-0.4, -0.2) is 56.6 Å². The number of anilines is 2. The fourth-order valence-corrected chi connectivity index (χ4v) is 7.41. The van der Waals surface area contributed by atoms with Gasteiger partial charge in [0.1, 0.15) is 24.5 Å². The number of ether oxygens (including phenoxy) is 1. The highest BCUT2D eigenvalue weighted by Crippen LogP contribution is 2.36. The van der Waals surface area contributed by atoms with Gasteiger partial charge in [0, 0.05) is 50.8 Å². The van der Waals surface area contributed by atoms with E-state index < -0.39 is 24.0 Å². The van der Waals surface area contributed by atoms with E-state index in [1.54, 1.807) is 30.3 Å². The maximum atomic E-state index is 13.9. The van der Waals surface area contributed by atoms with E-state index in [1.807, 2.05) is 33.7 Å². The highest BCUT2D eigenvalue weighted by molar-refractivity contribution is 9.10. The fourth-order valence-electron chi connectivity index (χ4n) is 5.02. The number of halogens is 3. The molecule has 0 saturated carbocycles. The molecule has 0 unspecified atom stereocenters. The summed E-state index contributed by atoms with van der Waals surface area (Å²) in [5, 5.41) is 0.760. The minimum atomic E-state index is -3.63. The van der Waals surface area contributed by atoms with Crippen LogP contribution in [0.5, 0.6) is 0 Å². The van der Waals surface area contributed by atoms with Gasteiger partial charge >= 0.3 is 0 Å². The second-order valence-electron chi connectivity index (χ2n) is 12.2. The molecule has 1 fully saturated rings. The van der Waals surface area contributed by atoms with Gasteiger partial charge < -0.3 is 14.2 Å². The van der Waals surface area contributed by atoms with Crippen molar-refractivity contribution in [2.24, 2.45) is 0 Å². The van der Waals surface area contributed by atoms with Crippen molar-refractivity contribution in [3.8, 4) is 11.3 Å². The lowest BCUT2D eigenvalue weighted by Crippen LogP contribution is -2.39. The zero-order valence-corrected chi connectivity index (χ0v) is 27.9. The van der Waals surface area contributed by atoms with Crippen LogP contribution in [0.25, 0.3) is 22.3 Å². The third kappa shape index (κ3) is 8.19. The molecule has 0 amide bonds. The zero-order chi connectivity index (χ0) is 30.8. The molecule has 2 aromatic heterocycles. The maximum absolute atomic E-state index is 13.9. The summed E-state index contributed by atoms with van der Waals surface area (Å²) in [5.74, 6) is -2.19. The molecule has 1 aliphatic rings. The molecule has 0 bridgehead atoms. The smallest absolute Gasteiger partial charge is 0.251 e. The van der Waals surface area contributed by atoms with Gasteiger partial charge in [0.2, 0.25) is 10.0 Å². The molecule has 0 atom stereocenters. The molecule has 2 aromatic carbocycles. The highest BCUT2D eigenvalue weighted by Gasteiger charge is 2.35. The van der Waals surface area contributed by atoms with Crippen LogP contribution in [0.4, 0.5) is 20.3 Å². The maximum Gasteiger partial charge on any atom is 0.251 e. The van der Waals surface area contributed by atoms with Gasteiger partial charge in [-0.2, -0.15) is 0 Å². The summed E-state index contributed by atoms with van der Waals surface area (Å²) >= 11 is 3.38. The largest absolute Gasteiger partial charge is 0.361 e. The molecule has 8 nitrogen and oxygen atoms in total. The predicted molar refractivity (Wildman–Crippen MR) is 174 cm³/mol. The Morgan fingerprint density at radius 3 is 2.44 bits per heavy atom. The Morgan fingerprint density at radius 2 is 1.77 bits per heavy atom. The second-order valence-corrected chi connectivity index (χ2v) is 20.4. The van der Waals surface area contributed by atoms with E-state index in [0.717, 1.165) is 27.2 Å². The Balaban J connectivity index is 1.43. The van der Waals surface area contributed by atoms with Gasteiger partial charge in [0.15, 0.2) is 0 Å². The van der Waals surface area contributed by atoms with Gasteiger partial charge in [-0.05, 0) is 47.5 Å². The van der Waals surface area contributed by atoms with E-state index in [-0.39, 0.29) is 38.4 Å². The fraction of sp³-hybridized carbons (Fsp3) is 0.400. The van der Waals surface area contributed by atoms with Crippen molar-refractivity contribution >= 4 is 56.6 Å². The van der Waals surface area contributed by atoms with E-state index in [0.29, 0.717) is 29.3 Å². The Bertz CT molecular complexity index is 1680. The van der Waals surface area contributed by atoms with E-state index in [1.165, 1.54) is 6.33 Å². The van der Waals surface area contributed by atoms with Crippen molar-refractivity contribution in [1.82, 2.24) is 14.5 Å².